The normalized spacial score (nSPS) is 21.9. The molecule has 3 N–H and O–H groups in total. The Labute approximate surface area is 234 Å². The number of rotatable bonds is 6. The highest BCUT2D eigenvalue weighted by Gasteiger charge is 2.61. The summed E-state index contributed by atoms with van der Waals surface area (Å²) in [4.78, 5) is 27.7. The first kappa shape index (κ1) is 25.5. The number of furan rings is 1. The van der Waals surface area contributed by atoms with Gasteiger partial charge in [0.25, 0.3) is 0 Å². The number of hydrogen-bond acceptors (Lipinski definition) is 5. The first-order valence-corrected chi connectivity index (χ1v) is 13.2. The molecule has 39 heavy (non-hydrogen) atoms. The van der Waals surface area contributed by atoms with Crippen LogP contribution in [0, 0.1) is 0 Å². The van der Waals surface area contributed by atoms with Crippen molar-refractivity contribution in [1.82, 2.24) is 5.32 Å². The molecule has 0 aliphatic carbocycles. The second-order valence-corrected chi connectivity index (χ2v) is 10.5. The van der Waals surface area contributed by atoms with E-state index in [1.165, 1.54) is 0 Å². The Kier molecular flexibility index (Phi) is 6.59. The molecule has 0 saturated carbocycles. The summed E-state index contributed by atoms with van der Waals surface area (Å²) < 4.78 is 11.6. The molecule has 1 spiro atoms. The molecule has 2 aliphatic rings. The van der Waals surface area contributed by atoms with Crippen LogP contribution in [0.4, 0.5) is 5.69 Å². The monoisotopic (exact) mass is 562 g/mol. The number of aliphatic hydroxyl groups is 1. The van der Waals surface area contributed by atoms with E-state index in [0.717, 1.165) is 11.1 Å². The van der Waals surface area contributed by atoms with E-state index in [4.69, 9.17) is 32.4 Å². The maximum atomic E-state index is 14.3. The van der Waals surface area contributed by atoms with Gasteiger partial charge in [-0.15, -0.1) is 0 Å². The van der Waals surface area contributed by atoms with Crippen molar-refractivity contribution in [3.8, 4) is 17.1 Å². The lowest BCUT2D eigenvalue weighted by molar-refractivity contribution is -0.131. The Balaban J connectivity index is 1.63. The molecule has 3 aromatic carbocycles. The van der Waals surface area contributed by atoms with Crippen LogP contribution in [0.3, 0.4) is 0 Å². The number of fused-ring (bicyclic) bond motifs is 2. The number of amides is 2. The van der Waals surface area contributed by atoms with Crippen molar-refractivity contribution in [3.05, 3.63) is 106 Å². The number of benzene rings is 3. The zero-order valence-electron chi connectivity index (χ0n) is 20.6. The number of anilines is 1. The maximum Gasteiger partial charge on any atom is 0.238 e. The quantitative estimate of drug-likeness (QED) is 0.273. The summed E-state index contributed by atoms with van der Waals surface area (Å²) in [5, 5.41) is 16.6. The number of piperidine rings is 1. The molecule has 6 rings (SSSR count). The highest BCUT2D eigenvalue weighted by molar-refractivity contribution is 6.31. The molecule has 4 aromatic rings. The summed E-state index contributed by atoms with van der Waals surface area (Å²) in [5.41, 5.74) is 2.12. The van der Waals surface area contributed by atoms with E-state index in [1.807, 2.05) is 36.4 Å². The maximum absolute atomic E-state index is 14.3. The van der Waals surface area contributed by atoms with Crippen LogP contribution in [0.2, 0.25) is 10.0 Å². The Morgan fingerprint density at radius 3 is 2.62 bits per heavy atom. The number of ether oxygens (including phenoxy) is 1. The molecular formula is C30H24Cl2N2O5. The average molecular weight is 563 g/mol. The molecule has 0 radical (unpaired) electrons. The number of nitrogens with one attached hydrogen (secondary N) is 2. The molecule has 1 fully saturated rings. The minimum absolute atomic E-state index is 0.0386. The summed E-state index contributed by atoms with van der Waals surface area (Å²) in [7, 11) is 0. The van der Waals surface area contributed by atoms with Crippen LogP contribution >= 0.6 is 23.2 Å². The zero-order chi connectivity index (χ0) is 27.1. The number of hydrogen-bond donors (Lipinski definition) is 3. The molecule has 9 heteroatoms. The van der Waals surface area contributed by atoms with Crippen molar-refractivity contribution < 1.29 is 23.8 Å². The number of carbonyl (C=O) groups is 2. The van der Waals surface area contributed by atoms with Crippen LogP contribution in [-0.4, -0.2) is 30.1 Å². The lowest BCUT2D eigenvalue weighted by atomic mass is 9.59. The van der Waals surface area contributed by atoms with Crippen LogP contribution in [0.15, 0.2) is 83.5 Å². The molecule has 3 atom stereocenters. The summed E-state index contributed by atoms with van der Waals surface area (Å²) in [6, 6.07) is 20.8. The smallest absolute Gasteiger partial charge is 0.238 e. The van der Waals surface area contributed by atoms with Gasteiger partial charge in [0, 0.05) is 39.2 Å². The summed E-state index contributed by atoms with van der Waals surface area (Å²) in [5.74, 6) is 0.00508. The van der Waals surface area contributed by atoms with E-state index in [2.05, 4.69) is 10.6 Å². The second-order valence-electron chi connectivity index (χ2n) is 9.63. The van der Waals surface area contributed by atoms with Crippen LogP contribution in [0.25, 0.3) is 11.3 Å². The van der Waals surface area contributed by atoms with Gasteiger partial charge < -0.3 is 24.9 Å². The molecule has 0 bridgehead atoms. The van der Waals surface area contributed by atoms with Gasteiger partial charge >= 0.3 is 0 Å². The van der Waals surface area contributed by atoms with Crippen molar-refractivity contribution in [1.29, 1.82) is 0 Å². The van der Waals surface area contributed by atoms with E-state index in [9.17, 15) is 14.7 Å². The van der Waals surface area contributed by atoms with Crippen LogP contribution < -0.4 is 15.4 Å². The van der Waals surface area contributed by atoms with E-state index >= 15 is 0 Å². The predicted molar refractivity (Wildman–Crippen MR) is 148 cm³/mol. The summed E-state index contributed by atoms with van der Waals surface area (Å²) in [6.07, 6.45) is 1.64. The number of halogens is 2. The Morgan fingerprint density at radius 1 is 1.00 bits per heavy atom. The van der Waals surface area contributed by atoms with Gasteiger partial charge in [0.15, 0.2) is 0 Å². The van der Waals surface area contributed by atoms with Gasteiger partial charge in [-0.2, -0.15) is 0 Å². The third kappa shape index (κ3) is 4.27. The Bertz CT molecular complexity index is 1570. The van der Waals surface area contributed by atoms with Gasteiger partial charge in [0.2, 0.25) is 11.8 Å². The fourth-order valence-electron chi connectivity index (χ4n) is 5.93. The minimum atomic E-state index is -1.27. The van der Waals surface area contributed by atoms with Crippen LogP contribution in [-0.2, 0) is 15.0 Å². The van der Waals surface area contributed by atoms with Gasteiger partial charge in [-0.1, -0.05) is 41.4 Å². The molecule has 2 amide bonds. The van der Waals surface area contributed by atoms with Crippen LogP contribution in [0.5, 0.6) is 5.75 Å². The van der Waals surface area contributed by atoms with Crippen molar-refractivity contribution in [2.45, 2.75) is 23.8 Å². The fraction of sp³-hybridized carbons (Fsp3) is 0.200. The Hall–Kier alpha value is -3.78. The predicted octanol–water partition coefficient (Wildman–Crippen LogP) is 5.86. The van der Waals surface area contributed by atoms with E-state index < -0.39 is 17.4 Å². The third-order valence-electron chi connectivity index (χ3n) is 7.48. The fourth-order valence-corrected chi connectivity index (χ4v) is 6.30. The first-order chi connectivity index (χ1) is 18.9. The van der Waals surface area contributed by atoms with Gasteiger partial charge in [-0.3, -0.25) is 9.59 Å². The third-order valence-corrected chi connectivity index (χ3v) is 7.95. The highest BCUT2D eigenvalue weighted by atomic mass is 35.5. The molecule has 7 nitrogen and oxygen atoms in total. The average Bonchev–Trinajstić information content (AvgIpc) is 3.55. The van der Waals surface area contributed by atoms with Crippen molar-refractivity contribution in [2.24, 2.45) is 0 Å². The van der Waals surface area contributed by atoms with E-state index in [1.54, 1.807) is 42.7 Å². The minimum Gasteiger partial charge on any atom is -0.491 e. The highest BCUT2D eigenvalue weighted by Crippen LogP contribution is 2.58. The molecule has 198 valence electrons. The summed E-state index contributed by atoms with van der Waals surface area (Å²) in [6.45, 7) is -0.161. The first-order valence-electron chi connectivity index (χ1n) is 12.5. The van der Waals surface area contributed by atoms with E-state index in [-0.39, 0.29) is 31.4 Å². The molecule has 1 aromatic heterocycles. The zero-order valence-corrected chi connectivity index (χ0v) is 22.1. The van der Waals surface area contributed by atoms with Gasteiger partial charge in [0.05, 0.1) is 18.9 Å². The van der Waals surface area contributed by atoms with Gasteiger partial charge in [-0.05, 0) is 65.7 Å². The lowest BCUT2D eigenvalue weighted by Gasteiger charge is -2.46. The van der Waals surface area contributed by atoms with Crippen LogP contribution in [0.1, 0.15) is 35.1 Å². The van der Waals surface area contributed by atoms with Gasteiger partial charge in [0.1, 0.15) is 23.5 Å². The largest absolute Gasteiger partial charge is 0.491 e. The SMILES string of the molecule is O=C1CC(c2cccc(Cl)c2)C2(C(=O)Nc3cc(Cl)ccc32)C(c2cc(-c3ccco3)ccc2OCCO)N1. The molecular weight excluding hydrogens is 539 g/mol. The summed E-state index contributed by atoms with van der Waals surface area (Å²) >= 11 is 12.7. The molecule has 3 heterocycles. The standard InChI is InChI=1S/C30H24Cl2N2O5/c31-19-4-1-3-17(13-19)23-16-27(36)34-28(30(23)22-8-7-20(32)15-24(22)33-29(30)37)21-14-18(25-5-2-11-38-25)6-9-26(21)39-12-10-35/h1-9,11,13-15,23,28,35H,10,12,16H2,(H,33,37)(H,34,36). The van der Waals surface area contributed by atoms with Crippen molar-refractivity contribution >= 4 is 40.7 Å². The number of aliphatic hydroxyl groups excluding tert-OH is 1. The second kappa shape index (κ2) is 10.1. The van der Waals surface area contributed by atoms with Crippen molar-refractivity contribution in [3.63, 3.8) is 0 Å². The molecule has 3 unspecified atom stereocenters. The number of carbonyl (C=O) groups excluding carboxylic acids is 2. The molecule has 1 saturated heterocycles. The van der Waals surface area contributed by atoms with Gasteiger partial charge in [-0.25, -0.2) is 0 Å². The lowest BCUT2D eigenvalue weighted by Crippen LogP contribution is -2.56. The topological polar surface area (TPSA) is 101 Å². The molecule has 2 aliphatic heterocycles. The van der Waals surface area contributed by atoms with E-state index in [0.29, 0.717) is 38.4 Å². The van der Waals surface area contributed by atoms with Crippen molar-refractivity contribution in [2.75, 3.05) is 18.5 Å². The Morgan fingerprint density at radius 2 is 1.85 bits per heavy atom.